The first kappa shape index (κ1) is 11.4. The van der Waals surface area contributed by atoms with Gasteiger partial charge in [-0.3, -0.25) is 4.68 Å². The van der Waals surface area contributed by atoms with Crippen molar-refractivity contribution < 1.29 is 5.11 Å². The molecule has 0 bridgehead atoms. The number of hydrogen-bond donors (Lipinski definition) is 1. The Balaban J connectivity index is 2.08. The highest BCUT2D eigenvalue weighted by Gasteiger charge is 2.09. The van der Waals surface area contributed by atoms with Gasteiger partial charge in [-0.25, -0.2) is 0 Å². The van der Waals surface area contributed by atoms with Gasteiger partial charge in [-0.15, -0.1) is 0 Å². The molecule has 3 nitrogen and oxygen atoms in total. The minimum atomic E-state index is -0.475. The Bertz CT molecular complexity index is 464. The summed E-state index contributed by atoms with van der Waals surface area (Å²) >= 11 is 3.37. The fourth-order valence-corrected chi connectivity index (χ4v) is 1.87. The van der Waals surface area contributed by atoms with Gasteiger partial charge < -0.3 is 5.11 Å². The summed E-state index contributed by atoms with van der Waals surface area (Å²) in [6.45, 7) is 0. The number of hydrogen-bond acceptors (Lipinski definition) is 2. The van der Waals surface area contributed by atoms with Crippen LogP contribution in [0.25, 0.3) is 0 Å². The van der Waals surface area contributed by atoms with Gasteiger partial charge in [0.05, 0.1) is 12.3 Å². The van der Waals surface area contributed by atoms with Crippen LogP contribution in [0.4, 0.5) is 0 Å². The average Bonchev–Trinajstić information content (AvgIpc) is 2.65. The first-order chi connectivity index (χ1) is 7.65. The Hall–Kier alpha value is -1.13. The molecule has 0 radical (unpaired) electrons. The Kier molecular flexibility index (Phi) is 3.41. The molecule has 0 aliphatic heterocycles. The largest absolute Gasteiger partial charge is 0.388 e. The third kappa shape index (κ3) is 2.71. The zero-order valence-electron chi connectivity index (χ0n) is 8.97. The molecule has 2 aromatic rings. The van der Waals surface area contributed by atoms with Gasteiger partial charge in [0.2, 0.25) is 0 Å². The molecule has 0 aliphatic carbocycles. The van der Waals surface area contributed by atoms with Crippen molar-refractivity contribution in [1.82, 2.24) is 9.78 Å². The topological polar surface area (TPSA) is 38.0 Å². The molecular weight excluding hydrogens is 268 g/mol. The van der Waals surface area contributed by atoms with Gasteiger partial charge >= 0.3 is 0 Å². The van der Waals surface area contributed by atoms with Gasteiger partial charge in [0.1, 0.15) is 0 Å². The van der Waals surface area contributed by atoms with Crippen LogP contribution in [-0.4, -0.2) is 14.9 Å². The van der Waals surface area contributed by atoms with E-state index in [1.54, 1.807) is 10.9 Å². The lowest BCUT2D eigenvalue weighted by molar-refractivity contribution is 0.178. The standard InChI is InChI=1S/C12H13BrN2O/c1-15-8-9(7-14-15)6-12(16)10-2-4-11(13)5-3-10/h2-5,7-8,12,16H,6H2,1H3. The molecular formula is C12H13BrN2O. The van der Waals surface area contributed by atoms with Gasteiger partial charge in [-0.2, -0.15) is 5.10 Å². The van der Waals surface area contributed by atoms with E-state index in [1.807, 2.05) is 37.5 Å². The Labute approximate surface area is 103 Å². The molecule has 1 N–H and O–H groups in total. The molecule has 0 aliphatic rings. The van der Waals surface area contributed by atoms with Crippen LogP contribution < -0.4 is 0 Å². The van der Waals surface area contributed by atoms with E-state index in [2.05, 4.69) is 21.0 Å². The van der Waals surface area contributed by atoms with Crippen molar-refractivity contribution in [3.8, 4) is 0 Å². The van der Waals surface area contributed by atoms with Crippen molar-refractivity contribution in [2.75, 3.05) is 0 Å². The van der Waals surface area contributed by atoms with E-state index in [4.69, 9.17) is 0 Å². The van der Waals surface area contributed by atoms with E-state index in [0.717, 1.165) is 15.6 Å². The first-order valence-corrected chi connectivity index (χ1v) is 5.85. The summed E-state index contributed by atoms with van der Waals surface area (Å²) in [6.07, 6.45) is 3.82. The molecule has 1 aromatic carbocycles. The van der Waals surface area contributed by atoms with Crippen LogP contribution >= 0.6 is 15.9 Å². The third-order valence-electron chi connectivity index (χ3n) is 2.44. The van der Waals surface area contributed by atoms with Crippen LogP contribution in [0.15, 0.2) is 41.1 Å². The molecule has 0 saturated carbocycles. The second kappa shape index (κ2) is 4.80. The molecule has 1 heterocycles. The fourth-order valence-electron chi connectivity index (χ4n) is 1.60. The van der Waals surface area contributed by atoms with E-state index >= 15 is 0 Å². The third-order valence-corrected chi connectivity index (χ3v) is 2.97. The van der Waals surface area contributed by atoms with Gasteiger partial charge in [0.25, 0.3) is 0 Å². The minimum Gasteiger partial charge on any atom is -0.388 e. The highest BCUT2D eigenvalue weighted by atomic mass is 79.9. The van der Waals surface area contributed by atoms with Gasteiger partial charge in [0.15, 0.2) is 0 Å². The Morgan fingerprint density at radius 3 is 2.62 bits per heavy atom. The maximum absolute atomic E-state index is 10.0. The minimum absolute atomic E-state index is 0.475. The molecule has 0 saturated heterocycles. The summed E-state index contributed by atoms with van der Waals surface area (Å²) in [4.78, 5) is 0. The van der Waals surface area contributed by atoms with Crippen LogP contribution in [0.5, 0.6) is 0 Å². The van der Waals surface area contributed by atoms with Crippen LogP contribution in [0.2, 0.25) is 0 Å². The van der Waals surface area contributed by atoms with Crippen LogP contribution in [-0.2, 0) is 13.5 Å². The van der Waals surface area contributed by atoms with Gasteiger partial charge in [-0.1, -0.05) is 28.1 Å². The van der Waals surface area contributed by atoms with E-state index in [-0.39, 0.29) is 0 Å². The molecule has 2 rings (SSSR count). The second-order valence-electron chi connectivity index (χ2n) is 3.79. The molecule has 0 amide bonds. The van der Waals surface area contributed by atoms with Gasteiger partial charge in [-0.05, 0) is 23.3 Å². The van der Waals surface area contributed by atoms with Crippen molar-refractivity contribution in [3.05, 3.63) is 52.3 Å². The van der Waals surface area contributed by atoms with E-state index in [1.165, 1.54) is 0 Å². The normalized spacial score (nSPS) is 12.7. The quantitative estimate of drug-likeness (QED) is 0.938. The average molecular weight is 281 g/mol. The van der Waals surface area contributed by atoms with E-state index in [9.17, 15) is 5.11 Å². The van der Waals surface area contributed by atoms with Crippen molar-refractivity contribution >= 4 is 15.9 Å². The molecule has 0 spiro atoms. The maximum Gasteiger partial charge on any atom is 0.0831 e. The highest BCUT2D eigenvalue weighted by Crippen LogP contribution is 2.20. The zero-order valence-corrected chi connectivity index (χ0v) is 10.6. The summed E-state index contributed by atoms with van der Waals surface area (Å²) in [6, 6.07) is 7.71. The highest BCUT2D eigenvalue weighted by molar-refractivity contribution is 9.10. The number of rotatable bonds is 3. The maximum atomic E-state index is 10.0. The summed E-state index contributed by atoms with van der Waals surface area (Å²) in [5.74, 6) is 0. The van der Waals surface area contributed by atoms with Gasteiger partial charge in [0, 0.05) is 24.1 Å². The number of aliphatic hydroxyl groups is 1. The number of aromatic nitrogens is 2. The van der Waals surface area contributed by atoms with Crippen LogP contribution in [0.3, 0.4) is 0 Å². The summed E-state index contributed by atoms with van der Waals surface area (Å²) in [5, 5.41) is 14.1. The predicted octanol–water partition coefficient (Wildman–Crippen LogP) is 2.46. The lowest BCUT2D eigenvalue weighted by Gasteiger charge is -2.09. The lowest BCUT2D eigenvalue weighted by atomic mass is 10.0. The van der Waals surface area contributed by atoms with Crippen molar-refractivity contribution in [3.63, 3.8) is 0 Å². The molecule has 84 valence electrons. The monoisotopic (exact) mass is 280 g/mol. The number of aryl methyl sites for hydroxylation is 1. The molecule has 4 heteroatoms. The van der Waals surface area contributed by atoms with E-state index in [0.29, 0.717) is 6.42 Å². The SMILES string of the molecule is Cn1cc(CC(O)c2ccc(Br)cc2)cn1. The first-order valence-electron chi connectivity index (χ1n) is 5.06. The number of nitrogens with zero attached hydrogens (tertiary/aromatic N) is 2. The van der Waals surface area contributed by atoms with Crippen LogP contribution in [0, 0.1) is 0 Å². The fraction of sp³-hybridized carbons (Fsp3) is 0.250. The summed E-state index contributed by atoms with van der Waals surface area (Å²) < 4.78 is 2.76. The molecule has 1 aromatic heterocycles. The molecule has 16 heavy (non-hydrogen) atoms. The Morgan fingerprint density at radius 1 is 1.38 bits per heavy atom. The summed E-state index contributed by atoms with van der Waals surface area (Å²) in [5.41, 5.74) is 1.96. The van der Waals surface area contributed by atoms with Crippen molar-refractivity contribution in [1.29, 1.82) is 0 Å². The number of halogens is 1. The summed E-state index contributed by atoms with van der Waals surface area (Å²) in [7, 11) is 1.87. The number of aliphatic hydroxyl groups excluding tert-OH is 1. The van der Waals surface area contributed by atoms with Crippen molar-refractivity contribution in [2.45, 2.75) is 12.5 Å². The zero-order chi connectivity index (χ0) is 11.5. The number of benzene rings is 1. The lowest BCUT2D eigenvalue weighted by Crippen LogP contribution is -2.00. The van der Waals surface area contributed by atoms with Crippen molar-refractivity contribution in [2.24, 2.45) is 7.05 Å². The second-order valence-corrected chi connectivity index (χ2v) is 4.71. The molecule has 0 fully saturated rings. The predicted molar refractivity (Wildman–Crippen MR) is 66.0 cm³/mol. The molecule has 1 unspecified atom stereocenters. The van der Waals surface area contributed by atoms with Crippen LogP contribution in [0.1, 0.15) is 17.2 Å². The molecule has 1 atom stereocenters. The Morgan fingerprint density at radius 2 is 2.06 bits per heavy atom. The smallest absolute Gasteiger partial charge is 0.0831 e. The van der Waals surface area contributed by atoms with E-state index < -0.39 is 6.10 Å².